The molecule has 0 aromatic heterocycles. The molecule has 0 spiro atoms. The van der Waals surface area contributed by atoms with Gasteiger partial charge in [-0.15, -0.1) is 0 Å². The molecular weight excluding hydrogens is 268 g/mol. The van der Waals surface area contributed by atoms with Crippen molar-refractivity contribution in [1.82, 2.24) is 0 Å². The Kier molecular flexibility index (Phi) is 4.05. The smallest absolute Gasteiger partial charge is 0.141 e. The lowest BCUT2D eigenvalue weighted by Crippen LogP contribution is -2.08. The second-order valence-corrected chi connectivity index (χ2v) is 4.91. The molecule has 1 N–H and O–H groups in total. The predicted molar refractivity (Wildman–Crippen MR) is 74.6 cm³/mol. The van der Waals surface area contributed by atoms with E-state index < -0.39 is 5.82 Å². The molecule has 0 amide bonds. The minimum absolute atomic E-state index is 0.0853. The highest BCUT2D eigenvalue weighted by molar-refractivity contribution is 6.30. The van der Waals surface area contributed by atoms with Crippen molar-refractivity contribution in [2.24, 2.45) is 0 Å². The van der Waals surface area contributed by atoms with Gasteiger partial charge >= 0.3 is 0 Å². The predicted octanol–water partition coefficient (Wildman–Crippen LogP) is 5.10. The van der Waals surface area contributed by atoms with Crippen molar-refractivity contribution in [2.75, 3.05) is 5.32 Å². The third-order valence-electron chi connectivity index (χ3n) is 3.02. The third-order valence-corrected chi connectivity index (χ3v) is 3.30. The van der Waals surface area contributed by atoms with Crippen LogP contribution >= 0.6 is 11.6 Å². The summed E-state index contributed by atoms with van der Waals surface area (Å²) in [6, 6.07) is 9.03. The number of aryl methyl sites for hydroxylation is 1. The number of anilines is 1. The maximum Gasteiger partial charge on any atom is 0.141 e. The normalized spacial score (nSPS) is 12.3. The van der Waals surface area contributed by atoms with Gasteiger partial charge in [0.25, 0.3) is 0 Å². The van der Waals surface area contributed by atoms with Crippen LogP contribution in [0, 0.1) is 18.6 Å². The van der Waals surface area contributed by atoms with Crippen molar-refractivity contribution < 1.29 is 8.78 Å². The summed E-state index contributed by atoms with van der Waals surface area (Å²) >= 11 is 5.75. The first kappa shape index (κ1) is 13.8. The quantitative estimate of drug-likeness (QED) is 0.825. The van der Waals surface area contributed by atoms with Gasteiger partial charge in [0.05, 0.1) is 5.02 Å². The zero-order chi connectivity index (χ0) is 14.0. The monoisotopic (exact) mass is 281 g/mol. The zero-order valence-electron chi connectivity index (χ0n) is 10.7. The van der Waals surface area contributed by atoms with E-state index in [0.717, 1.165) is 11.1 Å². The van der Waals surface area contributed by atoms with Crippen molar-refractivity contribution in [3.05, 3.63) is 64.2 Å². The van der Waals surface area contributed by atoms with Crippen LogP contribution in [0.15, 0.2) is 36.4 Å². The highest BCUT2D eigenvalue weighted by Gasteiger charge is 2.10. The molecule has 0 aliphatic heterocycles. The molecule has 0 aliphatic rings. The molecule has 1 nitrogen and oxygen atoms in total. The number of rotatable bonds is 3. The molecule has 0 fully saturated rings. The number of halogens is 3. The Balaban J connectivity index is 2.22. The van der Waals surface area contributed by atoms with Crippen LogP contribution in [-0.2, 0) is 0 Å². The Labute approximate surface area is 116 Å². The molecule has 0 radical (unpaired) electrons. The van der Waals surface area contributed by atoms with E-state index in [1.807, 2.05) is 13.8 Å². The summed E-state index contributed by atoms with van der Waals surface area (Å²) in [6.07, 6.45) is 0. The maximum absolute atomic E-state index is 13.2. The molecule has 0 heterocycles. The number of hydrogen-bond donors (Lipinski definition) is 1. The fraction of sp³-hybridized carbons (Fsp3) is 0.200. The average molecular weight is 282 g/mol. The van der Waals surface area contributed by atoms with Crippen LogP contribution in [0.25, 0.3) is 0 Å². The topological polar surface area (TPSA) is 12.0 Å². The SMILES string of the molecule is Cc1ccc(F)cc1NC(C)c1ccc(F)c(Cl)c1. The number of nitrogens with one attached hydrogen (secondary N) is 1. The van der Waals surface area contributed by atoms with Crippen LogP contribution in [-0.4, -0.2) is 0 Å². The summed E-state index contributed by atoms with van der Waals surface area (Å²) < 4.78 is 26.3. The fourth-order valence-electron chi connectivity index (χ4n) is 1.85. The van der Waals surface area contributed by atoms with Gasteiger partial charge in [0.2, 0.25) is 0 Å². The summed E-state index contributed by atoms with van der Waals surface area (Å²) in [5, 5.41) is 3.28. The fourth-order valence-corrected chi connectivity index (χ4v) is 2.04. The Morgan fingerprint density at radius 1 is 1.11 bits per heavy atom. The largest absolute Gasteiger partial charge is 0.378 e. The van der Waals surface area contributed by atoms with E-state index in [1.165, 1.54) is 18.2 Å². The zero-order valence-corrected chi connectivity index (χ0v) is 11.4. The van der Waals surface area contributed by atoms with E-state index in [2.05, 4.69) is 5.32 Å². The Bertz CT molecular complexity index is 599. The molecule has 19 heavy (non-hydrogen) atoms. The Morgan fingerprint density at radius 3 is 2.53 bits per heavy atom. The Morgan fingerprint density at radius 2 is 1.84 bits per heavy atom. The first-order valence-electron chi connectivity index (χ1n) is 5.95. The van der Waals surface area contributed by atoms with E-state index in [0.29, 0.717) is 5.69 Å². The van der Waals surface area contributed by atoms with Gasteiger partial charge in [-0.1, -0.05) is 23.7 Å². The lowest BCUT2D eigenvalue weighted by molar-refractivity contribution is 0.626. The molecule has 2 aromatic rings. The summed E-state index contributed by atoms with van der Waals surface area (Å²) in [6.45, 7) is 3.81. The van der Waals surface area contributed by atoms with Crippen LogP contribution in [0.4, 0.5) is 14.5 Å². The third kappa shape index (κ3) is 3.24. The van der Waals surface area contributed by atoms with E-state index in [9.17, 15) is 8.78 Å². The van der Waals surface area contributed by atoms with Crippen molar-refractivity contribution in [1.29, 1.82) is 0 Å². The van der Waals surface area contributed by atoms with Gasteiger partial charge in [-0.2, -0.15) is 0 Å². The second-order valence-electron chi connectivity index (χ2n) is 4.50. The molecular formula is C15H14ClF2N. The molecule has 4 heteroatoms. The highest BCUT2D eigenvalue weighted by atomic mass is 35.5. The lowest BCUT2D eigenvalue weighted by atomic mass is 10.1. The van der Waals surface area contributed by atoms with E-state index in [4.69, 9.17) is 11.6 Å². The van der Waals surface area contributed by atoms with Gasteiger partial charge in [0.15, 0.2) is 0 Å². The molecule has 0 saturated carbocycles. The van der Waals surface area contributed by atoms with Gasteiger partial charge < -0.3 is 5.32 Å². The van der Waals surface area contributed by atoms with Crippen molar-refractivity contribution in [3.8, 4) is 0 Å². The van der Waals surface area contributed by atoms with Gasteiger partial charge in [-0.05, 0) is 49.2 Å². The van der Waals surface area contributed by atoms with Crippen LogP contribution in [0.5, 0.6) is 0 Å². The van der Waals surface area contributed by atoms with E-state index in [1.54, 1.807) is 18.2 Å². The van der Waals surface area contributed by atoms with Crippen LogP contribution in [0.3, 0.4) is 0 Å². The minimum atomic E-state index is -0.445. The second kappa shape index (κ2) is 5.57. The van der Waals surface area contributed by atoms with Crippen LogP contribution < -0.4 is 5.32 Å². The molecule has 2 aromatic carbocycles. The highest BCUT2D eigenvalue weighted by Crippen LogP contribution is 2.25. The summed E-state index contributed by atoms with van der Waals surface area (Å²) in [5.74, 6) is -0.739. The average Bonchev–Trinajstić information content (AvgIpc) is 2.37. The van der Waals surface area contributed by atoms with Crippen molar-refractivity contribution in [3.63, 3.8) is 0 Å². The molecule has 0 saturated heterocycles. The molecule has 0 bridgehead atoms. The molecule has 1 atom stereocenters. The van der Waals surface area contributed by atoms with E-state index >= 15 is 0 Å². The van der Waals surface area contributed by atoms with Crippen molar-refractivity contribution >= 4 is 17.3 Å². The van der Waals surface area contributed by atoms with Gasteiger partial charge in [-0.3, -0.25) is 0 Å². The molecule has 0 aliphatic carbocycles. The summed E-state index contributed by atoms with van der Waals surface area (Å²) in [4.78, 5) is 0. The number of benzene rings is 2. The Hall–Kier alpha value is -1.61. The molecule has 100 valence electrons. The number of hydrogen-bond acceptors (Lipinski definition) is 1. The van der Waals surface area contributed by atoms with Crippen molar-refractivity contribution in [2.45, 2.75) is 19.9 Å². The molecule has 1 unspecified atom stereocenters. The van der Waals surface area contributed by atoms with Crippen LogP contribution in [0.1, 0.15) is 24.1 Å². The lowest BCUT2D eigenvalue weighted by Gasteiger charge is -2.18. The van der Waals surface area contributed by atoms with Crippen LogP contribution in [0.2, 0.25) is 5.02 Å². The first-order chi connectivity index (χ1) is 8.97. The summed E-state index contributed by atoms with van der Waals surface area (Å²) in [7, 11) is 0. The van der Waals surface area contributed by atoms with Gasteiger partial charge in [0.1, 0.15) is 11.6 Å². The first-order valence-corrected chi connectivity index (χ1v) is 6.33. The van der Waals surface area contributed by atoms with Gasteiger partial charge in [0, 0.05) is 11.7 Å². The van der Waals surface area contributed by atoms with E-state index in [-0.39, 0.29) is 16.9 Å². The minimum Gasteiger partial charge on any atom is -0.378 e. The van der Waals surface area contributed by atoms with Gasteiger partial charge in [-0.25, -0.2) is 8.78 Å². The molecule has 2 rings (SSSR count). The standard InChI is InChI=1S/C15H14ClF2N/c1-9-3-5-12(17)8-15(9)19-10(2)11-4-6-14(18)13(16)7-11/h3-8,10,19H,1-2H3. The summed E-state index contributed by atoms with van der Waals surface area (Å²) in [5.41, 5.74) is 2.50. The maximum atomic E-state index is 13.2.